The first kappa shape index (κ1) is 11.8. The van der Waals surface area contributed by atoms with Crippen molar-refractivity contribution in [1.29, 1.82) is 0 Å². The topological polar surface area (TPSA) is 29.1 Å². The second kappa shape index (κ2) is 5.19. The molecule has 3 rings (SSSR count). The SMILES string of the molecule is O=C1CCCC2=C1SC(CCc1ccccc1)N2. The average molecular weight is 259 g/mol. The Labute approximate surface area is 112 Å². The molecule has 1 N–H and O–H groups in total. The van der Waals surface area contributed by atoms with E-state index in [1.54, 1.807) is 11.8 Å². The Hall–Kier alpha value is -1.22. The molecule has 1 aromatic carbocycles. The summed E-state index contributed by atoms with van der Waals surface area (Å²) in [6, 6.07) is 10.5. The fourth-order valence-electron chi connectivity index (χ4n) is 2.54. The zero-order chi connectivity index (χ0) is 12.4. The Morgan fingerprint density at radius 1 is 1.22 bits per heavy atom. The first-order valence-electron chi connectivity index (χ1n) is 6.56. The van der Waals surface area contributed by atoms with E-state index in [0.29, 0.717) is 11.2 Å². The van der Waals surface area contributed by atoms with Crippen LogP contribution in [0.1, 0.15) is 31.2 Å². The van der Waals surface area contributed by atoms with E-state index < -0.39 is 0 Å². The molecule has 1 aromatic rings. The maximum absolute atomic E-state index is 11.8. The lowest BCUT2D eigenvalue weighted by Crippen LogP contribution is -2.21. The molecular formula is C15H17NOS. The molecule has 0 spiro atoms. The fraction of sp³-hybridized carbons (Fsp3) is 0.400. The van der Waals surface area contributed by atoms with Gasteiger partial charge in [0.15, 0.2) is 5.78 Å². The molecule has 2 aliphatic rings. The van der Waals surface area contributed by atoms with Gasteiger partial charge in [0.1, 0.15) is 0 Å². The Morgan fingerprint density at radius 3 is 2.83 bits per heavy atom. The van der Waals surface area contributed by atoms with Crippen molar-refractivity contribution in [1.82, 2.24) is 5.32 Å². The molecule has 0 radical (unpaired) electrons. The van der Waals surface area contributed by atoms with Crippen molar-refractivity contribution in [2.75, 3.05) is 0 Å². The van der Waals surface area contributed by atoms with Gasteiger partial charge in [-0.2, -0.15) is 0 Å². The number of carbonyl (C=O) groups excluding carboxylic acids is 1. The largest absolute Gasteiger partial charge is 0.375 e. The van der Waals surface area contributed by atoms with Crippen LogP contribution in [-0.2, 0) is 11.2 Å². The first-order valence-corrected chi connectivity index (χ1v) is 7.44. The predicted octanol–water partition coefficient (Wildman–Crippen LogP) is 3.25. The lowest BCUT2D eigenvalue weighted by molar-refractivity contribution is -0.115. The van der Waals surface area contributed by atoms with Crippen molar-refractivity contribution >= 4 is 17.5 Å². The number of rotatable bonds is 3. The Balaban J connectivity index is 1.57. The summed E-state index contributed by atoms with van der Waals surface area (Å²) < 4.78 is 0. The molecule has 1 aliphatic carbocycles. The van der Waals surface area contributed by atoms with Gasteiger partial charge in [0.05, 0.1) is 10.3 Å². The highest BCUT2D eigenvalue weighted by Crippen LogP contribution is 2.38. The summed E-state index contributed by atoms with van der Waals surface area (Å²) in [6.07, 6.45) is 4.95. The van der Waals surface area contributed by atoms with Crippen LogP contribution in [0.4, 0.5) is 0 Å². The lowest BCUT2D eigenvalue weighted by atomic mass is 10.0. The quantitative estimate of drug-likeness (QED) is 0.903. The van der Waals surface area contributed by atoms with Gasteiger partial charge in [-0.1, -0.05) is 42.1 Å². The number of hydrogen-bond acceptors (Lipinski definition) is 3. The Bertz CT molecular complexity index is 481. The third-order valence-corrected chi connectivity index (χ3v) is 4.84. The lowest BCUT2D eigenvalue weighted by Gasteiger charge is -2.12. The third kappa shape index (κ3) is 2.46. The summed E-state index contributed by atoms with van der Waals surface area (Å²) in [7, 11) is 0. The molecule has 0 amide bonds. The van der Waals surface area contributed by atoms with Gasteiger partial charge in [0.2, 0.25) is 0 Å². The van der Waals surface area contributed by atoms with Crippen LogP contribution in [0.5, 0.6) is 0 Å². The van der Waals surface area contributed by atoms with Gasteiger partial charge in [0.25, 0.3) is 0 Å². The zero-order valence-corrected chi connectivity index (χ0v) is 11.1. The normalized spacial score (nSPS) is 22.9. The third-order valence-electron chi connectivity index (χ3n) is 3.49. The van der Waals surface area contributed by atoms with Crippen molar-refractivity contribution in [3.05, 3.63) is 46.5 Å². The van der Waals surface area contributed by atoms with E-state index in [9.17, 15) is 4.79 Å². The van der Waals surface area contributed by atoms with Crippen molar-refractivity contribution in [3.8, 4) is 0 Å². The number of aryl methyl sites for hydroxylation is 1. The summed E-state index contributed by atoms with van der Waals surface area (Å²) >= 11 is 1.74. The second-order valence-corrected chi connectivity index (χ2v) is 6.07. The minimum Gasteiger partial charge on any atom is -0.375 e. The standard InChI is InChI=1S/C15H17NOS/c17-13-8-4-7-12-15(13)18-14(16-12)10-9-11-5-2-1-3-6-11/h1-3,5-6,14,16H,4,7-10H2. The molecule has 0 saturated carbocycles. The molecule has 0 fully saturated rings. The van der Waals surface area contributed by atoms with E-state index in [4.69, 9.17) is 0 Å². The number of hydrogen-bond donors (Lipinski definition) is 1. The molecule has 94 valence electrons. The van der Waals surface area contributed by atoms with Crippen LogP contribution in [0.2, 0.25) is 0 Å². The van der Waals surface area contributed by atoms with Crippen molar-refractivity contribution in [2.45, 2.75) is 37.5 Å². The zero-order valence-electron chi connectivity index (χ0n) is 10.3. The van der Waals surface area contributed by atoms with Crippen molar-refractivity contribution < 1.29 is 4.79 Å². The first-order chi connectivity index (χ1) is 8.83. The van der Waals surface area contributed by atoms with Crippen LogP contribution in [0.25, 0.3) is 0 Å². The van der Waals surface area contributed by atoms with Crippen LogP contribution in [0, 0.1) is 0 Å². The minimum atomic E-state index is 0.343. The van der Waals surface area contributed by atoms with Gasteiger partial charge in [-0.3, -0.25) is 4.79 Å². The summed E-state index contributed by atoms with van der Waals surface area (Å²) in [5, 5.41) is 3.90. The maximum atomic E-state index is 11.8. The number of benzene rings is 1. The van der Waals surface area contributed by atoms with Crippen LogP contribution in [0.3, 0.4) is 0 Å². The molecule has 0 saturated heterocycles. The average Bonchev–Trinajstić information content (AvgIpc) is 2.82. The summed E-state index contributed by atoms with van der Waals surface area (Å²) in [5.74, 6) is 0.343. The summed E-state index contributed by atoms with van der Waals surface area (Å²) in [5.41, 5.74) is 2.57. The number of ketones is 1. The molecular weight excluding hydrogens is 242 g/mol. The smallest absolute Gasteiger partial charge is 0.171 e. The van der Waals surface area contributed by atoms with E-state index in [2.05, 4.69) is 29.6 Å². The van der Waals surface area contributed by atoms with Gasteiger partial charge in [-0.05, 0) is 31.2 Å². The van der Waals surface area contributed by atoms with E-state index >= 15 is 0 Å². The van der Waals surface area contributed by atoms with Gasteiger partial charge in [0, 0.05) is 12.1 Å². The monoisotopic (exact) mass is 259 g/mol. The number of carbonyl (C=O) groups is 1. The number of thioether (sulfide) groups is 1. The minimum absolute atomic E-state index is 0.343. The second-order valence-electron chi connectivity index (χ2n) is 4.86. The molecule has 0 bridgehead atoms. The Kier molecular flexibility index (Phi) is 3.41. The van der Waals surface area contributed by atoms with E-state index in [-0.39, 0.29) is 0 Å². The molecule has 1 unspecified atom stereocenters. The number of Topliss-reactive ketones (excluding diaryl/α,β-unsaturated/α-hetero) is 1. The molecule has 1 heterocycles. The molecule has 1 atom stereocenters. The molecule has 1 aliphatic heterocycles. The van der Waals surface area contributed by atoms with E-state index in [0.717, 1.165) is 37.0 Å². The summed E-state index contributed by atoms with van der Waals surface area (Å²) in [6.45, 7) is 0. The summed E-state index contributed by atoms with van der Waals surface area (Å²) in [4.78, 5) is 12.8. The van der Waals surface area contributed by atoms with Gasteiger partial charge in [-0.25, -0.2) is 0 Å². The van der Waals surface area contributed by atoms with Crippen LogP contribution < -0.4 is 5.32 Å². The van der Waals surface area contributed by atoms with Crippen LogP contribution in [0.15, 0.2) is 40.9 Å². The van der Waals surface area contributed by atoms with Crippen LogP contribution in [-0.4, -0.2) is 11.2 Å². The van der Waals surface area contributed by atoms with Crippen molar-refractivity contribution in [3.63, 3.8) is 0 Å². The van der Waals surface area contributed by atoms with Gasteiger partial charge < -0.3 is 5.32 Å². The highest BCUT2D eigenvalue weighted by atomic mass is 32.2. The Morgan fingerprint density at radius 2 is 2.06 bits per heavy atom. The number of allylic oxidation sites excluding steroid dienone is 2. The predicted molar refractivity (Wildman–Crippen MR) is 75.2 cm³/mol. The fourth-order valence-corrected chi connectivity index (χ4v) is 3.79. The van der Waals surface area contributed by atoms with Crippen LogP contribution >= 0.6 is 11.8 Å². The molecule has 18 heavy (non-hydrogen) atoms. The highest BCUT2D eigenvalue weighted by molar-refractivity contribution is 8.04. The molecule has 3 heteroatoms. The van der Waals surface area contributed by atoms with Gasteiger partial charge >= 0.3 is 0 Å². The molecule has 0 aromatic heterocycles. The number of nitrogens with one attached hydrogen (secondary N) is 1. The molecule has 2 nitrogen and oxygen atoms in total. The van der Waals surface area contributed by atoms with Crippen molar-refractivity contribution in [2.24, 2.45) is 0 Å². The van der Waals surface area contributed by atoms with E-state index in [1.807, 2.05) is 6.07 Å². The highest BCUT2D eigenvalue weighted by Gasteiger charge is 2.30. The van der Waals surface area contributed by atoms with E-state index in [1.165, 1.54) is 11.3 Å². The maximum Gasteiger partial charge on any atom is 0.171 e. The van der Waals surface area contributed by atoms with Gasteiger partial charge in [-0.15, -0.1) is 0 Å².